The molecule has 138 valence electrons. The van der Waals surface area contributed by atoms with Gasteiger partial charge in [0, 0.05) is 21.7 Å². The van der Waals surface area contributed by atoms with Crippen molar-refractivity contribution in [1.29, 1.82) is 0 Å². The van der Waals surface area contributed by atoms with Crippen molar-refractivity contribution in [3.8, 4) is 0 Å². The number of halogens is 1. The van der Waals surface area contributed by atoms with E-state index in [1.165, 1.54) is 0 Å². The van der Waals surface area contributed by atoms with Crippen molar-refractivity contribution >= 4 is 45.8 Å². The number of carbonyl (C=O) groups excluding carboxylic acids is 2. The Labute approximate surface area is 165 Å². The lowest BCUT2D eigenvalue weighted by molar-refractivity contribution is 0.0999. The summed E-state index contributed by atoms with van der Waals surface area (Å²) in [7, 11) is 0. The van der Waals surface area contributed by atoms with E-state index in [1.807, 2.05) is 12.1 Å². The molecule has 0 aliphatic heterocycles. The highest BCUT2D eigenvalue weighted by Crippen LogP contribution is 2.32. The number of furan rings is 1. The molecule has 0 atom stereocenters. The number of rotatable bonds is 4. The highest BCUT2D eigenvalue weighted by atomic mass is 35.5. The van der Waals surface area contributed by atoms with Crippen LogP contribution in [0.1, 0.15) is 20.9 Å². The molecule has 3 aromatic carbocycles. The molecule has 0 spiro atoms. The molecule has 0 saturated carbocycles. The second-order valence-corrected chi connectivity index (χ2v) is 6.52. The summed E-state index contributed by atoms with van der Waals surface area (Å²) in [5.74, 6) is -0.795. The molecule has 4 rings (SSSR count). The Balaban J connectivity index is 1.70. The van der Waals surface area contributed by atoms with Crippen LogP contribution < -0.4 is 10.6 Å². The van der Waals surface area contributed by atoms with Crippen LogP contribution in [0.4, 0.5) is 11.4 Å². The van der Waals surface area contributed by atoms with Crippen LogP contribution in [0.15, 0.2) is 83.3 Å². The first-order valence-electron chi connectivity index (χ1n) is 8.56. The van der Waals surface area contributed by atoms with Crippen LogP contribution in [0, 0.1) is 0 Å². The van der Waals surface area contributed by atoms with Crippen molar-refractivity contribution in [2.45, 2.75) is 0 Å². The molecule has 2 amide bonds. The maximum absolute atomic E-state index is 12.8. The standard InChI is InChI=1S/C22H15ClN2O3/c23-15-9-6-10-16(13-15)24-22(27)20-19(17-11-4-5-12-18(17)28-20)25-21(26)14-7-2-1-3-8-14/h1-13H,(H,24,27)(H,25,26). The zero-order valence-corrected chi connectivity index (χ0v) is 15.4. The van der Waals surface area contributed by atoms with Gasteiger partial charge >= 0.3 is 0 Å². The van der Waals surface area contributed by atoms with Crippen LogP contribution in [0.25, 0.3) is 11.0 Å². The van der Waals surface area contributed by atoms with Gasteiger partial charge in [-0.05, 0) is 42.5 Å². The van der Waals surface area contributed by atoms with Gasteiger partial charge in [-0.3, -0.25) is 9.59 Å². The van der Waals surface area contributed by atoms with Crippen molar-refractivity contribution in [3.05, 3.63) is 95.2 Å². The van der Waals surface area contributed by atoms with Gasteiger partial charge in [0.1, 0.15) is 11.3 Å². The van der Waals surface area contributed by atoms with E-state index < -0.39 is 5.91 Å². The number of benzene rings is 3. The molecule has 0 saturated heterocycles. The molecule has 5 nitrogen and oxygen atoms in total. The van der Waals surface area contributed by atoms with Gasteiger partial charge in [0.15, 0.2) is 0 Å². The Kier molecular flexibility index (Phi) is 4.83. The molecule has 0 aliphatic rings. The largest absolute Gasteiger partial charge is 0.449 e. The van der Waals surface area contributed by atoms with Crippen LogP contribution in [0.3, 0.4) is 0 Å². The van der Waals surface area contributed by atoms with Gasteiger partial charge in [-0.2, -0.15) is 0 Å². The average molecular weight is 391 g/mol. The van der Waals surface area contributed by atoms with E-state index in [4.69, 9.17) is 16.0 Å². The fourth-order valence-electron chi connectivity index (χ4n) is 2.86. The second-order valence-electron chi connectivity index (χ2n) is 6.09. The minimum Gasteiger partial charge on any atom is -0.449 e. The average Bonchev–Trinajstić information content (AvgIpc) is 3.07. The molecule has 0 bridgehead atoms. The highest BCUT2D eigenvalue weighted by Gasteiger charge is 2.22. The van der Waals surface area contributed by atoms with Gasteiger partial charge in [-0.25, -0.2) is 0 Å². The highest BCUT2D eigenvalue weighted by molar-refractivity contribution is 6.31. The predicted octanol–water partition coefficient (Wildman–Crippen LogP) is 5.59. The molecule has 0 aliphatic carbocycles. The van der Waals surface area contributed by atoms with Crippen molar-refractivity contribution in [2.75, 3.05) is 10.6 Å². The summed E-state index contributed by atoms with van der Waals surface area (Å²) < 4.78 is 5.74. The van der Waals surface area contributed by atoms with Gasteiger partial charge < -0.3 is 15.1 Å². The first kappa shape index (κ1) is 17.8. The number of carbonyl (C=O) groups is 2. The third-order valence-corrected chi connectivity index (χ3v) is 4.39. The zero-order chi connectivity index (χ0) is 19.5. The van der Waals surface area contributed by atoms with Crippen molar-refractivity contribution < 1.29 is 14.0 Å². The van der Waals surface area contributed by atoms with Gasteiger partial charge in [0.25, 0.3) is 11.8 Å². The third-order valence-electron chi connectivity index (χ3n) is 4.16. The van der Waals surface area contributed by atoms with E-state index in [1.54, 1.807) is 66.7 Å². The number of nitrogens with one attached hydrogen (secondary N) is 2. The number of amides is 2. The smallest absolute Gasteiger partial charge is 0.293 e. The summed E-state index contributed by atoms with van der Waals surface area (Å²) in [4.78, 5) is 25.5. The van der Waals surface area contributed by atoms with E-state index in [2.05, 4.69) is 10.6 Å². The van der Waals surface area contributed by atoms with E-state index in [-0.39, 0.29) is 11.7 Å². The topological polar surface area (TPSA) is 71.3 Å². The molecule has 2 N–H and O–H groups in total. The van der Waals surface area contributed by atoms with Crippen LogP contribution >= 0.6 is 11.6 Å². The molecule has 4 aromatic rings. The second kappa shape index (κ2) is 7.58. The van der Waals surface area contributed by atoms with E-state index in [9.17, 15) is 9.59 Å². The Morgan fingerprint density at radius 1 is 0.786 bits per heavy atom. The van der Waals surface area contributed by atoms with Crippen LogP contribution in [-0.2, 0) is 0 Å². The summed E-state index contributed by atoms with van der Waals surface area (Å²) >= 11 is 5.97. The Bertz CT molecular complexity index is 1170. The first-order chi connectivity index (χ1) is 13.6. The fourth-order valence-corrected chi connectivity index (χ4v) is 3.05. The molecule has 28 heavy (non-hydrogen) atoms. The fraction of sp³-hybridized carbons (Fsp3) is 0. The summed E-state index contributed by atoms with van der Waals surface area (Å²) in [5.41, 5.74) is 1.83. The van der Waals surface area contributed by atoms with Crippen molar-refractivity contribution in [1.82, 2.24) is 0 Å². The maximum Gasteiger partial charge on any atom is 0.293 e. The number of hydrogen-bond acceptors (Lipinski definition) is 3. The van der Waals surface area contributed by atoms with E-state index in [0.29, 0.717) is 32.9 Å². The quantitative estimate of drug-likeness (QED) is 0.477. The molecule has 0 radical (unpaired) electrons. The monoisotopic (exact) mass is 390 g/mol. The lowest BCUT2D eigenvalue weighted by Crippen LogP contribution is -2.17. The van der Waals surface area contributed by atoms with Crippen molar-refractivity contribution in [2.24, 2.45) is 0 Å². The van der Waals surface area contributed by atoms with Gasteiger partial charge in [-0.15, -0.1) is 0 Å². The minimum absolute atomic E-state index is 0.0189. The van der Waals surface area contributed by atoms with Crippen LogP contribution in [0.2, 0.25) is 5.02 Å². The molecule has 0 unspecified atom stereocenters. The van der Waals surface area contributed by atoms with Crippen LogP contribution in [0.5, 0.6) is 0 Å². The Morgan fingerprint density at radius 2 is 1.54 bits per heavy atom. The molecule has 1 heterocycles. The SMILES string of the molecule is O=C(Nc1c(C(=O)Nc2cccc(Cl)c2)oc2ccccc12)c1ccccc1. The lowest BCUT2D eigenvalue weighted by Gasteiger charge is -2.07. The van der Waals surface area contributed by atoms with Gasteiger partial charge in [0.05, 0.1) is 0 Å². The molecule has 1 aromatic heterocycles. The summed E-state index contributed by atoms with van der Waals surface area (Å²) in [6.07, 6.45) is 0. The number of anilines is 2. The summed E-state index contributed by atoms with van der Waals surface area (Å²) in [6.45, 7) is 0. The number of fused-ring (bicyclic) bond motifs is 1. The summed E-state index contributed by atoms with van der Waals surface area (Å²) in [6, 6.07) is 22.7. The number of para-hydroxylation sites is 1. The lowest BCUT2D eigenvalue weighted by atomic mass is 10.1. The number of hydrogen-bond donors (Lipinski definition) is 2. The van der Waals surface area contributed by atoms with Crippen molar-refractivity contribution in [3.63, 3.8) is 0 Å². The normalized spacial score (nSPS) is 10.6. The Morgan fingerprint density at radius 3 is 2.32 bits per heavy atom. The molecular weight excluding hydrogens is 376 g/mol. The third kappa shape index (κ3) is 3.61. The molecule has 0 fully saturated rings. The first-order valence-corrected chi connectivity index (χ1v) is 8.94. The molecule has 6 heteroatoms. The van der Waals surface area contributed by atoms with Crippen LogP contribution in [-0.4, -0.2) is 11.8 Å². The van der Waals surface area contributed by atoms with E-state index in [0.717, 1.165) is 0 Å². The maximum atomic E-state index is 12.8. The van der Waals surface area contributed by atoms with Gasteiger partial charge in [-0.1, -0.05) is 48.0 Å². The zero-order valence-electron chi connectivity index (χ0n) is 14.6. The predicted molar refractivity (Wildman–Crippen MR) is 110 cm³/mol. The van der Waals surface area contributed by atoms with E-state index >= 15 is 0 Å². The minimum atomic E-state index is -0.484. The molecular formula is C22H15ClN2O3. The summed E-state index contributed by atoms with van der Waals surface area (Å²) in [5, 5.41) is 6.69. The Hall–Kier alpha value is -3.57. The van der Waals surface area contributed by atoms with Gasteiger partial charge in [0.2, 0.25) is 5.76 Å².